The van der Waals surface area contributed by atoms with Crippen molar-refractivity contribution in [3.63, 3.8) is 0 Å². The molecule has 0 saturated heterocycles. The maximum atomic E-state index is 13.3. The molecule has 1 amide bonds. The third kappa shape index (κ3) is 3.66. The lowest BCUT2D eigenvalue weighted by Gasteiger charge is -2.20. The number of fused-ring (bicyclic) bond motifs is 1. The van der Waals surface area contributed by atoms with Crippen LogP contribution in [0.2, 0.25) is 0 Å². The molecule has 25 heavy (non-hydrogen) atoms. The molecule has 0 spiro atoms. The quantitative estimate of drug-likeness (QED) is 0.665. The van der Waals surface area contributed by atoms with Gasteiger partial charge in [-0.05, 0) is 30.7 Å². The van der Waals surface area contributed by atoms with Gasteiger partial charge in [0.2, 0.25) is 5.91 Å². The molecule has 0 bridgehead atoms. The SMILES string of the molecule is CC(NC(=O)Cc1[nH]nc2ccccc12)C(O)c1ccc(F)c(F)c1. The summed E-state index contributed by atoms with van der Waals surface area (Å²) in [5.41, 5.74) is 1.63. The van der Waals surface area contributed by atoms with E-state index < -0.39 is 23.8 Å². The fourth-order valence-corrected chi connectivity index (χ4v) is 2.68. The molecule has 0 aliphatic rings. The number of halogens is 2. The Balaban J connectivity index is 1.66. The number of aliphatic hydroxyl groups is 1. The smallest absolute Gasteiger partial charge is 0.226 e. The van der Waals surface area contributed by atoms with Gasteiger partial charge < -0.3 is 10.4 Å². The molecular formula is C18H17F2N3O2. The number of nitrogens with one attached hydrogen (secondary N) is 2. The normalized spacial score (nSPS) is 13.6. The number of rotatable bonds is 5. The number of carbonyl (C=O) groups is 1. The molecule has 2 aromatic carbocycles. The maximum absolute atomic E-state index is 13.3. The van der Waals surface area contributed by atoms with Gasteiger partial charge in [0, 0.05) is 5.39 Å². The molecule has 0 saturated carbocycles. The summed E-state index contributed by atoms with van der Waals surface area (Å²) < 4.78 is 26.3. The van der Waals surface area contributed by atoms with E-state index in [9.17, 15) is 18.7 Å². The Morgan fingerprint density at radius 3 is 2.76 bits per heavy atom. The lowest BCUT2D eigenvalue weighted by Crippen LogP contribution is -2.38. The summed E-state index contributed by atoms with van der Waals surface area (Å²) in [6, 6.07) is 9.89. The molecule has 3 N–H and O–H groups in total. The van der Waals surface area contributed by atoms with Gasteiger partial charge in [0.1, 0.15) is 0 Å². The third-order valence-electron chi connectivity index (χ3n) is 4.03. The van der Waals surface area contributed by atoms with Crippen LogP contribution in [0.25, 0.3) is 10.9 Å². The van der Waals surface area contributed by atoms with Crippen LogP contribution in [0.4, 0.5) is 8.78 Å². The summed E-state index contributed by atoms with van der Waals surface area (Å²) in [5.74, 6) is -2.35. The number of aromatic amines is 1. The number of aliphatic hydroxyl groups excluding tert-OH is 1. The van der Waals surface area contributed by atoms with E-state index >= 15 is 0 Å². The van der Waals surface area contributed by atoms with Crippen molar-refractivity contribution in [3.8, 4) is 0 Å². The summed E-state index contributed by atoms with van der Waals surface area (Å²) in [6.07, 6.45) is -1.09. The highest BCUT2D eigenvalue weighted by atomic mass is 19.2. The van der Waals surface area contributed by atoms with Gasteiger partial charge >= 0.3 is 0 Å². The Morgan fingerprint density at radius 2 is 2.00 bits per heavy atom. The van der Waals surface area contributed by atoms with Gasteiger partial charge in [-0.15, -0.1) is 0 Å². The zero-order valence-electron chi connectivity index (χ0n) is 13.5. The van der Waals surface area contributed by atoms with Crippen LogP contribution in [-0.2, 0) is 11.2 Å². The van der Waals surface area contributed by atoms with E-state index in [2.05, 4.69) is 15.5 Å². The number of amides is 1. The predicted molar refractivity (Wildman–Crippen MR) is 88.7 cm³/mol. The zero-order chi connectivity index (χ0) is 18.0. The van der Waals surface area contributed by atoms with Crippen LogP contribution in [-0.4, -0.2) is 27.3 Å². The zero-order valence-corrected chi connectivity index (χ0v) is 13.5. The molecule has 130 valence electrons. The van der Waals surface area contributed by atoms with Crippen molar-refractivity contribution in [2.24, 2.45) is 0 Å². The summed E-state index contributed by atoms with van der Waals surface area (Å²) in [5, 5.41) is 20.7. The van der Waals surface area contributed by atoms with E-state index in [0.717, 1.165) is 23.0 Å². The standard InChI is InChI=1S/C18H17F2N3O2/c1-10(18(25)11-6-7-13(19)14(20)8-11)21-17(24)9-16-12-4-2-3-5-15(12)22-23-16/h2-8,10,18,25H,9H2,1H3,(H,21,24)(H,22,23). The van der Waals surface area contributed by atoms with Crippen molar-refractivity contribution in [1.29, 1.82) is 0 Å². The number of aromatic nitrogens is 2. The number of H-pyrrole nitrogens is 1. The van der Waals surface area contributed by atoms with Crippen LogP contribution in [0.15, 0.2) is 42.5 Å². The van der Waals surface area contributed by atoms with Gasteiger partial charge in [-0.25, -0.2) is 8.78 Å². The van der Waals surface area contributed by atoms with Gasteiger partial charge in [-0.3, -0.25) is 9.89 Å². The van der Waals surface area contributed by atoms with Crippen molar-refractivity contribution < 1.29 is 18.7 Å². The van der Waals surface area contributed by atoms with E-state index in [1.807, 2.05) is 24.3 Å². The Kier molecular flexibility index (Phi) is 4.76. The van der Waals surface area contributed by atoms with E-state index in [1.54, 1.807) is 6.92 Å². The van der Waals surface area contributed by atoms with Crippen LogP contribution < -0.4 is 5.32 Å². The van der Waals surface area contributed by atoms with Crippen molar-refractivity contribution >= 4 is 16.8 Å². The summed E-state index contributed by atoms with van der Waals surface area (Å²) in [6.45, 7) is 1.59. The van der Waals surface area contributed by atoms with Gasteiger partial charge in [0.15, 0.2) is 11.6 Å². The first-order valence-electron chi connectivity index (χ1n) is 7.80. The molecule has 1 aromatic heterocycles. The maximum Gasteiger partial charge on any atom is 0.226 e. The Hall–Kier alpha value is -2.80. The van der Waals surface area contributed by atoms with Crippen LogP contribution in [0.1, 0.15) is 24.3 Å². The van der Waals surface area contributed by atoms with E-state index in [-0.39, 0.29) is 17.9 Å². The van der Waals surface area contributed by atoms with Gasteiger partial charge in [-0.2, -0.15) is 5.10 Å². The minimum atomic E-state index is -1.16. The van der Waals surface area contributed by atoms with Crippen molar-refractivity contribution in [1.82, 2.24) is 15.5 Å². The third-order valence-corrected chi connectivity index (χ3v) is 4.03. The Labute approximate surface area is 142 Å². The number of hydrogen-bond donors (Lipinski definition) is 3. The molecule has 0 radical (unpaired) electrons. The van der Waals surface area contributed by atoms with Crippen LogP contribution in [0.5, 0.6) is 0 Å². The second kappa shape index (κ2) is 6.98. The molecule has 0 fully saturated rings. The summed E-state index contributed by atoms with van der Waals surface area (Å²) in [7, 11) is 0. The van der Waals surface area contributed by atoms with E-state index in [0.29, 0.717) is 5.69 Å². The fraction of sp³-hybridized carbons (Fsp3) is 0.222. The van der Waals surface area contributed by atoms with Crippen molar-refractivity contribution in [2.75, 3.05) is 0 Å². The first kappa shape index (κ1) is 17.0. The highest BCUT2D eigenvalue weighted by molar-refractivity contribution is 5.87. The average molecular weight is 345 g/mol. The molecule has 1 heterocycles. The molecule has 0 aliphatic heterocycles. The monoisotopic (exact) mass is 345 g/mol. The molecule has 2 atom stereocenters. The lowest BCUT2D eigenvalue weighted by atomic mass is 10.0. The predicted octanol–water partition coefficient (Wildman–Crippen LogP) is 2.62. The molecule has 0 aliphatic carbocycles. The Morgan fingerprint density at radius 1 is 1.24 bits per heavy atom. The number of para-hydroxylation sites is 1. The highest BCUT2D eigenvalue weighted by Crippen LogP contribution is 2.20. The van der Waals surface area contributed by atoms with E-state index in [1.165, 1.54) is 6.07 Å². The molecule has 5 nitrogen and oxygen atoms in total. The van der Waals surface area contributed by atoms with E-state index in [4.69, 9.17) is 0 Å². The molecular weight excluding hydrogens is 328 g/mol. The second-order valence-electron chi connectivity index (χ2n) is 5.87. The summed E-state index contributed by atoms with van der Waals surface area (Å²) in [4.78, 5) is 12.2. The van der Waals surface area contributed by atoms with Gasteiger partial charge in [0.05, 0.1) is 29.8 Å². The lowest BCUT2D eigenvalue weighted by molar-refractivity contribution is -0.121. The number of hydrogen-bond acceptors (Lipinski definition) is 3. The number of nitrogens with zero attached hydrogens (tertiary/aromatic N) is 1. The first-order valence-corrected chi connectivity index (χ1v) is 7.80. The minimum absolute atomic E-state index is 0.0648. The first-order chi connectivity index (χ1) is 12.0. The highest BCUT2D eigenvalue weighted by Gasteiger charge is 2.20. The second-order valence-corrected chi connectivity index (χ2v) is 5.87. The molecule has 7 heteroatoms. The fourth-order valence-electron chi connectivity index (χ4n) is 2.68. The molecule has 3 rings (SSSR count). The molecule has 3 aromatic rings. The number of carbonyl (C=O) groups excluding carboxylic acids is 1. The van der Waals surface area contributed by atoms with Crippen LogP contribution in [0.3, 0.4) is 0 Å². The summed E-state index contributed by atoms with van der Waals surface area (Å²) >= 11 is 0. The van der Waals surface area contributed by atoms with Crippen LogP contribution >= 0.6 is 0 Å². The van der Waals surface area contributed by atoms with Crippen molar-refractivity contribution in [3.05, 3.63) is 65.4 Å². The largest absolute Gasteiger partial charge is 0.386 e. The Bertz CT molecular complexity index is 910. The van der Waals surface area contributed by atoms with Crippen LogP contribution in [0, 0.1) is 11.6 Å². The van der Waals surface area contributed by atoms with Gasteiger partial charge in [-0.1, -0.05) is 24.3 Å². The average Bonchev–Trinajstić information content (AvgIpc) is 2.99. The minimum Gasteiger partial charge on any atom is -0.386 e. The van der Waals surface area contributed by atoms with Gasteiger partial charge in [0.25, 0.3) is 0 Å². The van der Waals surface area contributed by atoms with Crippen molar-refractivity contribution in [2.45, 2.75) is 25.5 Å². The number of benzene rings is 2. The topological polar surface area (TPSA) is 78.0 Å². The molecule has 2 unspecified atom stereocenters.